The molecule has 0 radical (unpaired) electrons. The van der Waals surface area contributed by atoms with Crippen molar-refractivity contribution < 1.29 is 13.9 Å². The van der Waals surface area contributed by atoms with Crippen LogP contribution in [0.25, 0.3) is 0 Å². The molecular weight excluding hydrogens is 307 g/mol. The van der Waals surface area contributed by atoms with Gasteiger partial charge in [0.05, 0.1) is 0 Å². The van der Waals surface area contributed by atoms with E-state index in [-0.39, 0.29) is 18.3 Å². The number of nitrogens with zero attached hydrogens (tertiary/aromatic N) is 2. The standard InChI is InChI=1S/C19H23FN2O2/c1-4-22(13-15-5-9-17(10-6-15)21(2)3)19(23)14-24-18-11-7-16(20)8-12-18/h5-12H,4,13-14H2,1-3H3. The van der Waals surface area contributed by atoms with Crippen molar-refractivity contribution in [2.45, 2.75) is 13.5 Å². The minimum absolute atomic E-state index is 0.0603. The topological polar surface area (TPSA) is 32.8 Å². The maximum absolute atomic E-state index is 12.9. The van der Waals surface area contributed by atoms with Crippen molar-refractivity contribution in [2.24, 2.45) is 0 Å². The highest BCUT2D eigenvalue weighted by atomic mass is 19.1. The summed E-state index contributed by atoms with van der Waals surface area (Å²) in [6, 6.07) is 13.7. The zero-order valence-corrected chi connectivity index (χ0v) is 14.3. The molecule has 0 aliphatic heterocycles. The van der Waals surface area contributed by atoms with Gasteiger partial charge in [-0.3, -0.25) is 4.79 Å². The molecule has 2 aromatic carbocycles. The van der Waals surface area contributed by atoms with E-state index in [0.717, 1.165) is 11.3 Å². The molecule has 0 bridgehead atoms. The van der Waals surface area contributed by atoms with Crippen LogP contribution in [-0.2, 0) is 11.3 Å². The summed E-state index contributed by atoms with van der Waals surface area (Å²) in [5, 5.41) is 0. The van der Waals surface area contributed by atoms with Crippen molar-refractivity contribution in [3.63, 3.8) is 0 Å². The molecule has 0 aromatic heterocycles. The number of rotatable bonds is 7. The van der Waals surface area contributed by atoms with E-state index in [0.29, 0.717) is 18.8 Å². The molecule has 0 atom stereocenters. The van der Waals surface area contributed by atoms with E-state index in [1.165, 1.54) is 24.3 Å². The van der Waals surface area contributed by atoms with Crippen LogP contribution in [0.4, 0.5) is 10.1 Å². The van der Waals surface area contributed by atoms with Gasteiger partial charge in [-0.1, -0.05) is 12.1 Å². The largest absolute Gasteiger partial charge is 0.484 e. The fourth-order valence-electron chi connectivity index (χ4n) is 2.26. The van der Waals surface area contributed by atoms with Gasteiger partial charge in [0.15, 0.2) is 6.61 Å². The molecule has 0 fully saturated rings. The number of hydrogen-bond acceptors (Lipinski definition) is 3. The van der Waals surface area contributed by atoms with Crippen LogP contribution in [0.2, 0.25) is 0 Å². The molecule has 0 saturated heterocycles. The summed E-state index contributed by atoms with van der Waals surface area (Å²) < 4.78 is 18.3. The summed E-state index contributed by atoms with van der Waals surface area (Å²) in [7, 11) is 3.98. The minimum Gasteiger partial charge on any atom is -0.484 e. The van der Waals surface area contributed by atoms with E-state index in [4.69, 9.17) is 4.74 Å². The first-order valence-corrected chi connectivity index (χ1v) is 7.92. The fourth-order valence-corrected chi connectivity index (χ4v) is 2.26. The first-order valence-electron chi connectivity index (χ1n) is 7.92. The Morgan fingerprint density at radius 3 is 2.21 bits per heavy atom. The lowest BCUT2D eigenvalue weighted by molar-refractivity contribution is -0.133. The van der Waals surface area contributed by atoms with Crippen LogP contribution in [0, 0.1) is 5.82 Å². The van der Waals surface area contributed by atoms with E-state index < -0.39 is 0 Å². The summed E-state index contributed by atoms with van der Waals surface area (Å²) in [6.07, 6.45) is 0. The van der Waals surface area contributed by atoms with Gasteiger partial charge in [-0.15, -0.1) is 0 Å². The van der Waals surface area contributed by atoms with Crippen LogP contribution < -0.4 is 9.64 Å². The maximum atomic E-state index is 12.9. The van der Waals surface area contributed by atoms with Crippen molar-refractivity contribution in [2.75, 3.05) is 32.1 Å². The molecule has 1 amide bonds. The molecule has 5 heteroatoms. The van der Waals surface area contributed by atoms with Crippen LogP contribution in [0.15, 0.2) is 48.5 Å². The van der Waals surface area contributed by atoms with E-state index in [9.17, 15) is 9.18 Å². The molecule has 0 unspecified atom stereocenters. The number of ether oxygens (including phenoxy) is 1. The van der Waals surface area contributed by atoms with Crippen LogP contribution in [0.1, 0.15) is 12.5 Å². The van der Waals surface area contributed by atoms with Crippen molar-refractivity contribution in [1.29, 1.82) is 0 Å². The second kappa shape index (κ2) is 8.34. The Morgan fingerprint density at radius 1 is 1.04 bits per heavy atom. The quantitative estimate of drug-likeness (QED) is 0.781. The Kier molecular flexibility index (Phi) is 6.18. The first kappa shape index (κ1) is 17.8. The van der Waals surface area contributed by atoms with Crippen molar-refractivity contribution in [3.05, 3.63) is 59.9 Å². The number of hydrogen-bond donors (Lipinski definition) is 0. The summed E-state index contributed by atoms with van der Waals surface area (Å²) in [5.74, 6) is 0.0553. The van der Waals surface area contributed by atoms with Crippen molar-refractivity contribution in [3.8, 4) is 5.75 Å². The lowest BCUT2D eigenvalue weighted by Gasteiger charge is -2.21. The Bertz CT molecular complexity index is 654. The predicted octanol–water partition coefficient (Wildman–Crippen LogP) is 3.32. The second-order valence-corrected chi connectivity index (χ2v) is 5.71. The highest BCUT2D eigenvalue weighted by molar-refractivity contribution is 5.77. The molecule has 2 aromatic rings. The molecule has 0 aliphatic rings. The molecule has 0 saturated carbocycles. The van der Waals surface area contributed by atoms with Gasteiger partial charge in [0, 0.05) is 32.9 Å². The van der Waals surface area contributed by atoms with Gasteiger partial charge >= 0.3 is 0 Å². The Balaban J connectivity index is 1.92. The Morgan fingerprint density at radius 2 is 1.67 bits per heavy atom. The first-order chi connectivity index (χ1) is 11.5. The lowest BCUT2D eigenvalue weighted by Crippen LogP contribution is -2.34. The van der Waals surface area contributed by atoms with Gasteiger partial charge in [-0.05, 0) is 48.9 Å². The number of carbonyl (C=O) groups is 1. The maximum Gasteiger partial charge on any atom is 0.260 e. The number of anilines is 1. The van der Waals surface area contributed by atoms with E-state index in [2.05, 4.69) is 0 Å². The number of likely N-dealkylation sites (N-methyl/N-ethyl adjacent to an activating group) is 1. The fraction of sp³-hybridized carbons (Fsp3) is 0.316. The lowest BCUT2D eigenvalue weighted by atomic mass is 10.2. The smallest absolute Gasteiger partial charge is 0.260 e. The summed E-state index contributed by atoms with van der Waals surface area (Å²) in [5.41, 5.74) is 2.19. The highest BCUT2D eigenvalue weighted by Gasteiger charge is 2.13. The zero-order valence-electron chi connectivity index (χ0n) is 14.3. The van der Waals surface area contributed by atoms with Gasteiger partial charge in [-0.25, -0.2) is 4.39 Å². The molecular formula is C19H23FN2O2. The van der Waals surface area contributed by atoms with Gasteiger partial charge in [0.25, 0.3) is 5.91 Å². The van der Waals surface area contributed by atoms with Crippen LogP contribution in [0.3, 0.4) is 0 Å². The molecule has 4 nitrogen and oxygen atoms in total. The molecule has 0 heterocycles. The molecule has 128 valence electrons. The normalized spacial score (nSPS) is 10.3. The average molecular weight is 330 g/mol. The van der Waals surface area contributed by atoms with Gasteiger partial charge in [-0.2, -0.15) is 0 Å². The average Bonchev–Trinajstić information content (AvgIpc) is 2.59. The monoisotopic (exact) mass is 330 g/mol. The van der Waals surface area contributed by atoms with Gasteiger partial charge in [0.1, 0.15) is 11.6 Å². The number of amides is 1. The third-order valence-electron chi connectivity index (χ3n) is 3.74. The Labute approximate surface area is 142 Å². The minimum atomic E-state index is -0.329. The zero-order chi connectivity index (χ0) is 17.5. The molecule has 2 rings (SSSR count). The van der Waals surface area contributed by atoms with E-state index >= 15 is 0 Å². The third-order valence-corrected chi connectivity index (χ3v) is 3.74. The summed E-state index contributed by atoms with van der Waals surface area (Å²) in [4.78, 5) is 16.1. The second-order valence-electron chi connectivity index (χ2n) is 5.71. The van der Waals surface area contributed by atoms with Gasteiger partial charge in [0.2, 0.25) is 0 Å². The van der Waals surface area contributed by atoms with Crippen LogP contribution >= 0.6 is 0 Å². The van der Waals surface area contributed by atoms with Crippen LogP contribution in [-0.4, -0.2) is 38.1 Å². The summed E-state index contributed by atoms with van der Waals surface area (Å²) >= 11 is 0. The molecule has 0 spiro atoms. The van der Waals surface area contributed by atoms with Crippen molar-refractivity contribution >= 4 is 11.6 Å². The van der Waals surface area contributed by atoms with Crippen molar-refractivity contribution in [1.82, 2.24) is 4.90 Å². The number of carbonyl (C=O) groups excluding carboxylic acids is 1. The van der Waals surface area contributed by atoms with E-state index in [1.807, 2.05) is 50.2 Å². The Hall–Kier alpha value is -2.56. The molecule has 24 heavy (non-hydrogen) atoms. The summed E-state index contributed by atoms with van der Waals surface area (Å²) in [6.45, 7) is 3.01. The van der Waals surface area contributed by atoms with E-state index in [1.54, 1.807) is 4.90 Å². The highest BCUT2D eigenvalue weighted by Crippen LogP contribution is 2.15. The number of benzene rings is 2. The SMILES string of the molecule is CCN(Cc1ccc(N(C)C)cc1)C(=O)COc1ccc(F)cc1. The molecule has 0 aliphatic carbocycles. The van der Waals surface area contributed by atoms with Crippen LogP contribution in [0.5, 0.6) is 5.75 Å². The number of halogens is 1. The predicted molar refractivity (Wildman–Crippen MR) is 93.8 cm³/mol. The molecule has 0 N–H and O–H groups in total. The van der Waals surface area contributed by atoms with Gasteiger partial charge < -0.3 is 14.5 Å². The third kappa shape index (κ3) is 4.98.